The van der Waals surface area contributed by atoms with Gasteiger partial charge in [-0.25, -0.2) is 0 Å². The van der Waals surface area contributed by atoms with Gasteiger partial charge < -0.3 is 10.0 Å². The Bertz CT molecular complexity index is 534. The lowest BCUT2D eigenvalue weighted by Crippen LogP contribution is -2.38. The second-order valence-electron chi connectivity index (χ2n) is 5.74. The van der Waals surface area contributed by atoms with Gasteiger partial charge in [-0.15, -0.1) is 0 Å². The molecule has 1 fully saturated rings. The van der Waals surface area contributed by atoms with Crippen LogP contribution in [0, 0.1) is 5.92 Å². The SMILES string of the molecule is O=C1c2ccccc2C(C(=O)O)C1CN1CCCCC1. The Morgan fingerprint density at radius 1 is 1.20 bits per heavy atom. The summed E-state index contributed by atoms with van der Waals surface area (Å²) in [5.41, 5.74) is 1.29. The lowest BCUT2D eigenvalue weighted by atomic mass is 9.91. The largest absolute Gasteiger partial charge is 0.481 e. The lowest BCUT2D eigenvalue weighted by molar-refractivity contribution is -0.139. The van der Waals surface area contributed by atoms with Crippen molar-refractivity contribution in [2.24, 2.45) is 5.92 Å². The highest BCUT2D eigenvalue weighted by molar-refractivity contribution is 6.07. The number of benzene rings is 1. The van der Waals surface area contributed by atoms with Gasteiger partial charge in [0.25, 0.3) is 0 Å². The molecule has 0 saturated carbocycles. The summed E-state index contributed by atoms with van der Waals surface area (Å²) in [6.07, 6.45) is 3.52. The fourth-order valence-electron chi connectivity index (χ4n) is 3.47. The van der Waals surface area contributed by atoms with Gasteiger partial charge in [0.1, 0.15) is 0 Å². The van der Waals surface area contributed by atoms with Crippen LogP contribution in [0.2, 0.25) is 0 Å². The summed E-state index contributed by atoms with van der Waals surface area (Å²) in [5.74, 6) is -1.99. The number of carbonyl (C=O) groups excluding carboxylic acids is 1. The predicted molar refractivity (Wildman–Crippen MR) is 74.9 cm³/mol. The maximum atomic E-state index is 12.5. The smallest absolute Gasteiger partial charge is 0.311 e. The Labute approximate surface area is 118 Å². The van der Waals surface area contributed by atoms with E-state index >= 15 is 0 Å². The van der Waals surface area contributed by atoms with E-state index in [2.05, 4.69) is 4.90 Å². The molecular weight excluding hydrogens is 254 g/mol. The first-order valence-corrected chi connectivity index (χ1v) is 7.27. The number of likely N-dealkylation sites (tertiary alicyclic amines) is 1. The van der Waals surface area contributed by atoms with Crippen molar-refractivity contribution in [2.75, 3.05) is 19.6 Å². The minimum atomic E-state index is -0.884. The lowest BCUT2D eigenvalue weighted by Gasteiger charge is -2.29. The van der Waals surface area contributed by atoms with Gasteiger partial charge >= 0.3 is 5.97 Å². The zero-order valence-electron chi connectivity index (χ0n) is 11.4. The van der Waals surface area contributed by atoms with Crippen LogP contribution in [0.5, 0.6) is 0 Å². The van der Waals surface area contributed by atoms with Crippen LogP contribution in [0.15, 0.2) is 24.3 Å². The third kappa shape index (κ3) is 2.24. The molecule has 4 nitrogen and oxygen atoms in total. The Balaban J connectivity index is 1.86. The van der Waals surface area contributed by atoms with Crippen molar-refractivity contribution in [3.8, 4) is 0 Å². The third-order valence-corrected chi connectivity index (χ3v) is 4.47. The van der Waals surface area contributed by atoms with Gasteiger partial charge in [-0.05, 0) is 31.5 Å². The molecule has 1 aromatic rings. The Kier molecular flexibility index (Phi) is 3.57. The second kappa shape index (κ2) is 5.37. The minimum Gasteiger partial charge on any atom is -0.481 e. The van der Waals surface area contributed by atoms with Crippen molar-refractivity contribution in [3.63, 3.8) is 0 Å². The van der Waals surface area contributed by atoms with Crippen LogP contribution in [-0.2, 0) is 4.79 Å². The van der Waals surface area contributed by atoms with E-state index in [-0.39, 0.29) is 5.78 Å². The second-order valence-corrected chi connectivity index (χ2v) is 5.74. The highest BCUT2D eigenvalue weighted by Gasteiger charge is 2.44. The number of rotatable bonds is 3. The molecule has 106 valence electrons. The highest BCUT2D eigenvalue weighted by atomic mass is 16.4. The molecule has 2 aliphatic rings. The van der Waals surface area contributed by atoms with Crippen LogP contribution >= 0.6 is 0 Å². The number of carboxylic acids is 1. The molecule has 2 atom stereocenters. The van der Waals surface area contributed by atoms with E-state index in [0.29, 0.717) is 17.7 Å². The van der Waals surface area contributed by atoms with E-state index in [1.807, 2.05) is 6.07 Å². The fourth-order valence-corrected chi connectivity index (χ4v) is 3.47. The first-order chi connectivity index (χ1) is 9.68. The highest BCUT2D eigenvalue weighted by Crippen LogP contribution is 2.38. The number of ketones is 1. The molecule has 0 amide bonds. The van der Waals surface area contributed by atoms with E-state index in [4.69, 9.17) is 0 Å². The molecule has 0 aromatic heterocycles. The van der Waals surface area contributed by atoms with E-state index in [0.717, 1.165) is 25.9 Å². The van der Waals surface area contributed by atoms with Crippen LogP contribution in [0.25, 0.3) is 0 Å². The summed E-state index contributed by atoms with van der Waals surface area (Å²) in [7, 11) is 0. The number of carbonyl (C=O) groups is 2. The summed E-state index contributed by atoms with van der Waals surface area (Å²) >= 11 is 0. The number of hydrogen-bond acceptors (Lipinski definition) is 3. The molecular formula is C16H19NO3. The zero-order chi connectivity index (χ0) is 14.1. The average molecular weight is 273 g/mol. The van der Waals surface area contributed by atoms with Crippen molar-refractivity contribution in [1.82, 2.24) is 4.90 Å². The molecule has 1 saturated heterocycles. The number of nitrogens with zero attached hydrogens (tertiary/aromatic N) is 1. The number of Topliss-reactive ketones (excluding diaryl/α,β-unsaturated/α-hetero) is 1. The van der Waals surface area contributed by atoms with Gasteiger partial charge in [0, 0.05) is 12.1 Å². The molecule has 1 aliphatic carbocycles. The molecule has 2 unspecified atom stereocenters. The van der Waals surface area contributed by atoms with E-state index in [1.54, 1.807) is 18.2 Å². The topological polar surface area (TPSA) is 57.6 Å². The van der Waals surface area contributed by atoms with Crippen LogP contribution in [0.4, 0.5) is 0 Å². The van der Waals surface area contributed by atoms with Gasteiger partial charge in [0.05, 0.1) is 11.8 Å². The molecule has 1 heterocycles. The molecule has 20 heavy (non-hydrogen) atoms. The predicted octanol–water partition coefficient (Wildman–Crippen LogP) is 2.15. The summed E-state index contributed by atoms with van der Waals surface area (Å²) in [6, 6.07) is 7.15. The normalized spacial score (nSPS) is 26.5. The number of fused-ring (bicyclic) bond motifs is 1. The van der Waals surface area contributed by atoms with Crippen LogP contribution in [0.3, 0.4) is 0 Å². The summed E-state index contributed by atoms with van der Waals surface area (Å²) in [5, 5.41) is 9.51. The molecule has 3 rings (SSSR count). The maximum absolute atomic E-state index is 12.5. The van der Waals surface area contributed by atoms with Gasteiger partial charge in [-0.2, -0.15) is 0 Å². The van der Waals surface area contributed by atoms with E-state index in [9.17, 15) is 14.7 Å². The number of piperidine rings is 1. The number of carboxylic acid groups (broad SMARTS) is 1. The van der Waals surface area contributed by atoms with Gasteiger partial charge in [-0.1, -0.05) is 30.7 Å². The van der Waals surface area contributed by atoms with Crippen molar-refractivity contribution >= 4 is 11.8 Å². The number of hydrogen-bond donors (Lipinski definition) is 1. The molecule has 0 bridgehead atoms. The molecule has 0 spiro atoms. The summed E-state index contributed by atoms with van der Waals surface area (Å²) in [4.78, 5) is 26.3. The quantitative estimate of drug-likeness (QED) is 0.916. The molecule has 1 aliphatic heterocycles. The van der Waals surface area contributed by atoms with Crippen LogP contribution < -0.4 is 0 Å². The maximum Gasteiger partial charge on any atom is 0.311 e. The Hall–Kier alpha value is -1.68. The average Bonchev–Trinajstić information content (AvgIpc) is 2.74. The third-order valence-electron chi connectivity index (χ3n) is 4.47. The molecule has 0 radical (unpaired) electrons. The summed E-state index contributed by atoms with van der Waals surface area (Å²) < 4.78 is 0. The van der Waals surface area contributed by atoms with Gasteiger partial charge in [-0.3, -0.25) is 9.59 Å². The molecule has 1 aromatic carbocycles. The van der Waals surface area contributed by atoms with Crippen molar-refractivity contribution in [1.29, 1.82) is 0 Å². The zero-order valence-corrected chi connectivity index (χ0v) is 11.4. The van der Waals surface area contributed by atoms with Crippen LogP contribution in [-0.4, -0.2) is 41.4 Å². The van der Waals surface area contributed by atoms with Crippen molar-refractivity contribution < 1.29 is 14.7 Å². The number of aliphatic carboxylic acids is 1. The minimum absolute atomic E-state index is 0.00132. The Morgan fingerprint density at radius 2 is 1.90 bits per heavy atom. The monoisotopic (exact) mass is 273 g/mol. The van der Waals surface area contributed by atoms with Gasteiger partial charge in [0.2, 0.25) is 0 Å². The standard InChI is InChI=1S/C16H19NO3/c18-15-12-7-3-2-6-11(12)14(16(19)20)13(15)10-17-8-4-1-5-9-17/h2-3,6-7,13-14H,1,4-5,8-10H2,(H,19,20). The summed E-state index contributed by atoms with van der Waals surface area (Å²) in [6.45, 7) is 2.53. The fraction of sp³-hybridized carbons (Fsp3) is 0.500. The van der Waals surface area contributed by atoms with Crippen molar-refractivity contribution in [2.45, 2.75) is 25.2 Å². The molecule has 4 heteroatoms. The van der Waals surface area contributed by atoms with Crippen molar-refractivity contribution in [3.05, 3.63) is 35.4 Å². The molecule has 1 N–H and O–H groups in total. The van der Waals surface area contributed by atoms with E-state index in [1.165, 1.54) is 6.42 Å². The Morgan fingerprint density at radius 3 is 2.60 bits per heavy atom. The first kappa shape index (κ1) is 13.3. The first-order valence-electron chi connectivity index (χ1n) is 7.27. The van der Waals surface area contributed by atoms with Crippen LogP contribution in [0.1, 0.15) is 41.1 Å². The van der Waals surface area contributed by atoms with E-state index < -0.39 is 17.8 Å². The van der Waals surface area contributed by atoms with Gasteiger partial charge in [0.15, 0.2) is 5.78 Å².